The Morgan fingerprint density at radius 3 is 2.55 bits per heavy atom. The van der Waals surface area contributed by atoms with Crippen molar-refractivity contribution >= 4 is 5.82 Å². The summed E-state index contributed by atoms with van der Waals surface area (Å²) in [5, 5.41) is 9.73. The smallest absolute Gasteiger partial charge is 0.199 e. The Kier molecular flexibility index (Phi) is 3.12. The van der Waals surface area contributed by atoms with Crippen LogP contribution in [0.15, 0.2) is 36.7 Å². The van der Waals surface area contributed by atoms with Gasteiger partial charge in [-0.3, -0.25) is 5.10 Å². The Morgan fingerprint density at radius 1 is 1.10 bits per heavy atom. The molecule has 20 heavy (non-hydrogen) atoms. The van der Waals surface area contributed by atoms with Crippen LogP contribution in [0.5, 0.6) is 0 Å². The average Bonchev–Trinajstić information content (AvgIpc) is 3.03. The molecular formula is C14H14N6. The van der Waals surface area contributed by atoms with Crippen molar-refractivity contribution in [2.75, 3.05) is 12.4 Å². The first kappa shape index (κ1) is 12.3. The van der Waals surface area contributed by atoms with Crippen molar-refractivity contribution in [3.05, 3.63) is 42.2 Å². The maximum Gasteiger partial charge on any atom is 0.199 e. The van der Waals surface area contributed by atoms with E-state index in [0.29, 0.717) is 11.6 Å². The number of anilines is 1. The summed E-state index contributed by atoms with van der Waals surface area (Å²) in [5.74, 6) is 1.86. The Bertz CT molecular complexity index is 706. The first-order valence-electron chi connectivity index (χ1n) is 6.27. The zero-order valence-electron chi connectivity index (χ0n) is 11.3. The van der Waals surface area contributed by atoms with Gasteiger partial charge >= 0.3 is 0 Å². The summed E-state index contributed by atoms with van der Waals surface area (Å²) in [4.78, 5) is 13.2. The van der Waals surface area contributed by atoms with Crippen molar-refractivity contribution in [3.63, 3.8) is 0 Å². The number of nitrogens with one attached hydrogen (secondary N) is 2. The van der Waals surface area contributed by atoms with E-state index in [1.165, 1.54) is 6.33 Å². The second kappa shape index (κ2) is 5.08. The molecule has 0 aliphatic heterocycles. The quantitative estimate of drug-likeness (QED) is 0.760. The fourth-order valence-corrected chi connectivity index (χ4v) is 2.06. The third kappa shape index (κ3) is 2.11. The van der Waals surface area contributed by atoms with E-state index in [0.717, 1.165) is 22.6 Å². The third-order valence-electron chi connectivity index (χ3n) is 3.06. The molecule has 0 radical (unpaired) electrons. The van der Waals surface area contributed by atoms with E-state index in [9.17, 15) is 0 Å². The molecule has 0 saturated heterocycles. The number of H-pyrrole nitrogens is 1. The number of rotatable bonds is 3. The summed E-state index contributed by atoms with van der Waals surface area (Å²) in [5.41, 5.74) is 2.93. The van der Waals surface area contributed by atoms with Crippen molar-refractivity contribution in [1.82, 2.24) is 25.1 Å². The number of aromatic nitrogens is 5. The maximum atomic E-state index is 4.61. The van der Waals surface area contributed by atoms with Crippen LogP contribution in [0.2, 0.25) is 0 Å². The fourth-order valence-electron chi connectivity index (χ4n) is 2.06. The van der Waals surface area contributed by atoms with E-state index in [1.807, 2.05) is 44.3 Å². The maximum absolute atomic E-state index is 4.61. The van der Waals surface area contributed by atoms with Gasteiger partial charge in [0.05, 0.1) is 5.69 Å². The van der Waals surface area contributed by atoms with Crippen molar-refractivity contribution in [2.45, 2.75) is 6.92 Å². The van der Waals surface area contributed by atoms with Crippen LogP contribution in [0.1, 0.15) is 5.56 Å². The van der Waals surface area contributed by atoms with Crippen molar-refractivity contribution in [2.24, 2.45) is 0 Å². The molecule has 0 fully saturated rings. The summed E-state index contributed by atoms with van der Waals surface area (Å²) in [7, 11) is 1.84. The molecular weight excluding hydrogens is 252 g/mol. The van der Waals surface area contributed by atoms with Crippen molar-refractivity contribution < 1.29 is 0 Å². The van der Waals surface area contributed by atoms with Crippen LogP contribution in [-0.2, 0) is 0 Å². The molecule has 3 aromatic rings. The van der Waals surface area contributed by atoms with Gasteiger partial charge in [0.25, 0.3) is 0 Å². The molecule has 0 spiro atoms. The highest BCUT2D eigenvalue weighted by molar-refractivity contribution is 5.70. The summed E-state index contributed by atoms with van der Waals surface area (Å²) in [6.07, 6.45) is 1.44. The molecule has 6 nitrogen and oxygen atoms in total. The molecule has 0 aliphatic carbocycles. The monoisotopic (exact) mass is 266 g/mol. The van der Waals surface area contributed by atoms with Gasteiger partial charge in [0.2, 0.25) is 0 Å². The topological polar surface area (TPSA) is 79.4 Å². The first-order valence-corrected chi connectivity index (χ1v) is 6.27. The lowest BCUT2D eigenvalue weighted by Crippen LogP contribution is -2.03. The van der Waals surface area contributed by atoms with Gasteiger partial charge in [-0.15, -0.1) is 0 Å². The van der Waals surface area contributed by atoms with Crippen LogP contribution in [-0.4, -0.2) is 32.2 Å². The molecule has 2 N–H and O–H groups in total. The van der Waals surface area contributed by atoms with Gasteiger partial charge in [-0.05, 0) is 6.92 Å². The molecule has 1 aromatic carbocycles. The van der Waals surface area contributed by atoms with Gasteiger partial charge in [0.15, 0.2) is 11.6 Å². The fraction of sp³-hybridized carbons (Fsp3) is 0.143. The molecule has 0 aliphatic rings. The van der Waals surface area contributed by atoms with Crippen LogP contribution >= 0.6 is 0 Å². The molecule has 2 aromatic heterocycles. The highest BCUT2D eigenvalue weighted by Crippen LogP contribution is 2.27. The Morgan fingerprint density at radius 2 is 1.90 bits per heavy atom. The largest absolute Gasteiger partial charge is 0.373 e. The van der Waals surface area contributed by atoms with Gasteiger partial charge in [0.1, 0.15) is 12.1 Å². The van der Waals surface area contributed by atoms with Gasteiger partial charge in [-0.1, -0.05) is 30.3 Å². The predicted molar refractivity (Wildman–Crippen MR) is 77.1 cm³/mol. The lowest BCUT2D eigenvalue weighted by molar-refractivity contribution is 1.05. The van der Waals surface area contributed by atoms with Crippen LogP contribution in [0, 0.1) is 6.92 Å². The Hall–Kier alpha value is -2.76. The summed E-state index contributed by atoms with van der Waals surface area (Å²) in [6.45, 7) is 2.00. The minimum Gasteiger partial charge on any atom is -0.373 e. The summed E-state index contributed by atoms with van der Waals surface area (Å²) < 4.78 is 0. The second-order valence-electron chi connectivity index (χ2n) is 4.32. The number of hydrogen-bond donors (Lipinski definition) is 2. The highest BCUT2D eigenvalue weighted by atomic mass is 15.2. The third-order valence-corrected chi connectivity index (χ3v) is 3.06. The average molecular weight is 266 g/mol. The molecule has 2 heterocycles. The van der Waals surface area contributed by atoms with Crippen molar-refractivity contribution in [3.8, 4) is 22.9 Å². The molecule has 100 valence electrons. The van der Waals surface area contributed by atoms with E-state index >= 15 is 0 Å². The molecule has 6 heteroatoms. The molecule has 3 rings (SSSR count). The lowest BCUT2D eigenvalue weighted by atomic mass is 10.1. The number of nitrogens with zero attached hydrogens (tertiary/aromatic N) is 4. The standard InChI is InChI=1S/C14H14N6/c1-9-11(10-6-4-3-5-7-10)18-14(19-12(9)15-2)13-16-8-17-20-13/h3-8H,1-2H3,(H,15,18,19)(H,16,17,20). The van der Waals surface area contributed by atoms with Gasteiger partial charge in [-0.25, -0.2) is 15.0 Å². The van der Waals surface area contributed by atoms with Gasteiger partial charge in [-0.2, -0.15) is 5.10 Å². The SMILES string of the molecule is CNc1nc(-c2ncn[nH]2)nc(-c2ccccc2)c1C. The molecule has 0 saturated carbocycles. The minimum absolute atomic E-state index is 0.524. The molecule has 0 bridgehead atoms. The Labute approximate surface area is 116 Å². The highest BCUT2D eigenvalue weighted by Gasteiger charge is 2.14. The van der Waals surface area contributed by atoms with Crippen LogP contribution < -0.4 is 5.32 Å². The Balaban J connectivity index is 2.21. The zero-order chi connectivity index (χ0) is 13.9. The van der Waals surface area contributed by atoms with Crippen LogP contribution in [0.25, 0.3) is 22.9 Å². The number of aromatic amines is 1. The van der Waals surface area contributed by atoms with Crippen LogP contribution in [0.3, 0.4) is 0 Å². The summed E-state index contributed by atoms with van der Waals surface area (Å²) >= 11 is 0. The lowest BCUT2D eigenvalue weighted by Gasteiger charge is -2.11. The first-order chi connectivity index (χ1) is 9.79. The molecule has 0 atom stereocenters. The minimum atomic E-state index is 0.524. The van der Waals surface area contributed by atoms with E-state index in [2.05, 4.69) is 30.5 Å². The molecule has 0 unspecified atom stereocenters. The van der Waals surface area contributed by atoms with E-state index in [1.54, 1.807) is 0 Å². The normalized spacial score (nSPS) is 10.5. The zero-order valence-corrected chi connectivity index (χ0v) is 11.3. The van der Waals surface area contributed by atoms with Gasteiger partial charge in [0, 0.05) is 18.2 Å². The summed E-state index contributed by atoms with van der Waals surface area (Å²) in [6, 6.07) is 10.0. The van der Waals surface area contributed by atoms with E-state index < -0.39 is 0 Å². The van der Waals surface area contributed by atoms with E-state index in [4.69, 9.17) is 0 Å². The van der Waals surface area contributed by atoms with Crippen molar-refractivity contribution in [1.29, 1.82) is 0 Å². The van der Waals surface area contributed by atoms with E-state index in [-0.39, 0.29) is 0 Å². The second-order valence-corrected chi connectivity index (χ2v) is 4.32. The van der Waals surface area contributed by atoms with Gasteiger partial charge < -0.3 is 5.32 Å². The van der Waals surface area contributed by atoms with Crippen LogP contribution in [0.4, 0.5) is 5.82 Å². The number of hydrogen-bond acceptors (Lipinski definition) is 5. The predicted octanol–water partition coefficient (Wildman–Crippen LogP) is 2.28. The molecule has 0 amide bonds. The number of benzene rings is 1.